The summed E-state index contributed by atoms with van der Waals surface area (Å²) in [5, 5.41) is 9.02. The molecule has 116 valence electrons. The number of nitrogens with two attached hydrogens (primary N) is 2. The van der Waals surface area contributed by atoms with Gasteiger partial charge in [0.15, 0.2) is 0 Å². The summed E-state index contributed by atoms with van der Waals surface area (Å²) in [6.45, 7) is 8.22. The SMILES string of the molecule is CC1(C)OB(C(=Cc2cnc(N)c(C#N)c2)CN)OC1(C)C. The van der Waals surface area contributed by atoms with Crippen molar-refractivity contribution in [3.63, 3.8) is 0 Å². The van der Waals surface area contributed by atoms with Crippen LogP contribution in [-0.4, -0.2) is 29.8 Å². The average Bonchev–Trinajstić information content (AvgIpc) is 2.66. The maximum atomic E-state index is 9.02. The van der Waals surface area contributed by atoms with E-state index in [1.165, 1.54) is 0 Å². The molecule has 7 heteroatoms. The van der Waals surface area contributed by atoms with Crippen LogP contribution in [0.25, 0.3) is 6.08 Å². The van der Waals surface area contributed by atoms with Crippen LogP contribution in [-0.2, 0) is 9.31 Å². The van der Waals surface area contributed by atoms with E-state index in [0.717, 1.165) is 11.0 Å². The van der Waals surface area contributed by atoms with Crippen LogP contribution >= 0.6 is 0 Å². The van der Waals surface area contributed by atoms with E-state index in [-0.39, 0.29) is 12.4 Å². The molecule has 1 aliphatic rings. The normalized spacial score (nSPS) is 20.0. The molecular formula is C15H21BN4O2. The van der Waals surface area contributed by atoms with Gasteiger partial charge in [0, 0.05) is 12.7 Å². The van der Waals surface area contributed by atoms with Gasteiger partial charge in [0.1, 0.15) is 11.9 Å². The van der Waals surface area contributed by atoms with Gasteiger partial charge in [0.05, 0.1) is 16.8 Å². The van der Waals surface area contributed by atoms with Crippen LogP contribution < -0.4 is 11.5 Å². The lowest BCUT2D eigenvalue weighted by Crippen LogP contribution is -2.41. The fraction of sp³-hybridized carbons (Fsp3) is 0.467. The van der Waals surface area contributed by atoms with Gasteiger partial charge in [-0.3, -0.25) is 0 Å². The second kappa shape index (κ2) is 5.73. The Morgan fingerprint density at radius 1 is 1.36 bits per heavy atom. The largest absolute Gasteiger partial charge is 0.491 e. The summed E-state index contributed by atoms with van der Waals surface area (Å²) in [6.07, 6.45) is 3.42. The molecule has 1 aliphatic heterocycles. The molecule has 2 heterocycles. The molecule has 0 aliphatic carbocycles. The van der Waals surface area contributed by atoms with Crippen LogP contribution in [0.2, 0.25) is 0 Å². The molecule has 0 aromatic carbocycles. The molecule has 1 aromatic rings. The summed E-state index contributed by atoms with van der Waals surface area (Å²) in [5.41, 5.74) is 12.5. The molecule has 0 spiro atoms. The van der Waals surface area contributed by atoms with E-state index >= 15 is 0 Å². The highest BCUT2D eigenvalue weighted by atomic mass is 16.7. The van der Waals surface area contributed by atoms with Crippen LogP contribution in [0.15, 0.2) is 17.7 Å². The molecule has 1 fully saturated rings. The van der Waals surface area contributed by atoms with Crippen molar-refractivity contribution >= 4 is 19.0 Å². The van der Waals surface area contributed by atoms with Crippen molar-refractivity contribution in [2.75, 3.05) is 12.3 Å². The summed E-state index contributed by atoms with van der Waals surface area (Å²) < 4.78 is 12.0. The van der Waals surface area contributed by atoms with Crippen molar-refractivity contribution in [2.24, 2.45) is 5.73 Å². The molecule has 1 saturated heterocycles. The number of nitrogen functional groups attached to an aromatic ring is 1. The standard InChI is InChI=1S/C15H21BN4O2/c1-14(2)15(3,4)22-16(21-14)12(8-18)6-10-5-11(7-17)13(19)20-9-10/h5-6,9H,8,18H2,1-4H3,(H2,19,20). The molecule has 22 heavy (non-hydrogen) atoms. The van der Waals surface area contributed by atoms with Gasteiger partial charge in [-0.05, 0) is 44.8 Å². The van der Waals surface area contributed by atoms with E-state index in [0.29, 0.717) is 5.56 Å². The third-order valence-electron chi connectivity index (χ3n) is 4.20. The van der Waals surface area contributed by atoms with Gasteiger partial charge in [0.2, 0.25) is 0 Å². The number of nitriles is 1. The molecule has 0 amide bonds. The number of anilines is 1. The lowest BCUT2D eigenvalue weighted by molar-refractivity contribution is 0.00578. The molecule has 2 rings (SSSR count). The summed E-state index contributed by atoms with van der Waals surface area (Å²) in [4.78, 5) is 4.01. The van der Waals surface area contributed by atoms with Crippen LogP contribution in [0, 0.1) is 11.3 Å². The smallest absolute Gasteiger partial charge is 0.400 e. The van der Waals surface area contributed by atoms with Gasteiger partial charge >= 0.3 is 7.12 Å². The van der Waals surface area contributed by atoms with Crippen LogP contribution in [0.1, 0.15) is 38.8 Å². The Kier molecular flexibility index (Phi) is 4.29. The van der Waals surface area contributed by atoms with Crippen LogP contribution in [0.3, 0.4) is 0 Å². The Balaban J connectivity index is 2.32. The molecule has 4 N–H and O–H groups in total. The van der Waals surface area contributed by atoms with Crippen molar-refractivity contribution in [3.05, 3.63) is 28.9 Å². The topological polar surface area (TPSA) is 107 Å². The number of hydrogen-bond acceptors (Lipinski definition) is 6. The average molecular weight is 300 g/mol. The molecule has 0 unspecified atom stereocenters. The zero-order valence-corrected chi connectivity index (χ0v) is 13.4. The molecule has 6 nitrogen and oxygen atoms in total. The van der Waals surface area contributed by atoms with E-state index in [9.17, 15) is 0 Å². The van der Waals surface area contributed by atoms with Gasteiger partial charge in [-0.2, -0.15) is 5.26 Å². The molecule has 0 saturated carbocycles. The fourth-order valence-corrected chi connectivity index (χ4v) is 2.09. The Morgan fingerprint density at radius 2 is 1.95 bits per heavy atom. The summed E-state index contributed by atoms with van der Waals surface area (Å²) >= 11 is 0. The van der Waals surface area contributed by atoms with Gasteiger partial charge < -0.3 is 20.8 Å². The van der Waals surface area contributed by atoms with Crippen molar-refractivity contribution in [3.8, 4) is 6.07 Å². The predicted octanol–water partition coefficient (Wildman–Crippen LogP) is 1.51. The van der Waals surface area contributed by atoms with E-state index in [1.54, 1.807) is 12.3 Å². The maximum Gasteiger partial charge on any atom is 0.491 e. The highest BCUT2D eigenvalue weighted by Crippen LogP contribution is 2.38. The van der Waals surface area contributed by atoms with E-state index in [4.69, 9.17) is 26.0 Å². The molecular weight excluding hydrogens is 279 g/mol. The van der Waals surface area contributed by atoms with Crippen LogP contribution in [0.5, 0.6) is 0 Å². The van der Waals surface area contributed by atoms with Crippen molar-refractivity contribution < 1.29 is 9.31 Å². The highest BCUT2D eigenvalue weighted by molar-refractivity contribution is 6.55. The number of rotatable bonds is 3. The Hall–Kier alpha value is -1.88. The minimum absolute atomic E-state index is 0.213. The second-order valence-corrected chi connectivity index (χ2v) is 6.32. The highest BCUT2D eigenvalue weighted by Gasteiger charge is 2.52. The molecule has 1 aromatic heterocycles. The summed E-state index contributed by atoms with van der Waals surface area (Å²) in [6, 6.07) is 3.68. The number of hydrogen-bond donors (Lipinski definition) is 2. The minimum atomic E-state index is -0.516. The zero-order valence-electron chi connectivity index (χ0n) is 13.4. The lowest BCUT2D eigenvalue weighted by Gasteiger charge is -2.32. The van der Waals surface area contributed by atoms with E-state index < -0.39 is 18.3 Å². The van der Waals surface area contributed by atoms with Gasteiger partial charge in [0.25, 0.3) is 0 Å². The first kappa shape index (κ1) is 16.5. The lowest BCUT2D eigenvalue weighted by atomic mass is 9.77. The maximum absolute atomic E-state index is 9.02. The quantitative estimate of drug-likeness (QED) is 0.819. The second-order valence-electron chi connectivity index (χ2n) is 6.32. The van der Waals surface area contributed by atoms with E-state index in [2.05, 4.69) is 4.98 Å². The minimum Gasteiger partial charge on any atom is -0.400 e. The van der Waals surface area contributed by atoms with Gasteiger partial charge in [-0.15, -0.1) is 0 Å². The first-order chi connectivity index (χ1) is 10.2. The number of nitrogens with zero attached hydrogens (tertiary/aromatic N) is 2. The van der Waals surface area contributed by atoms with Crippen molar-refractivity contribution in [1.82, 2.24) is 4.98 Å². The third-order valence-corrected chi connectivity index (χ3v) is 4.20. The zero-order chi connectivity index (χ0) is 16.5. The van der Waals surface area contributed by atoms with Crippen molar-refractivity contribution in [2.45, 2.75) is 38.9 Å². The first-order valence-electron chi connectivity index (χ1n) is 7.12. The third kappa shape index (κ3) is 3.00. The van der Waals surface area contributed by atoms with Gasteiger partial charge in [-0.1, -0.05) is 6.08 Å². The Labute approximate surface area is 131 Å². The predicted molar refractivity (Wildman–Crippen MR) is 86.5 cm³/mol. The number of aromatic nitrogens is 1. The summed E-state index contributed by atoms with van der Waals surface area (Å²) in [7, 11) is -0.516. The number of pyridine rings is 1. The Bertz CT molecular complexity index is 633. The van der Waals surface area contributed by atoms with Gasteiger partial charge in [-0.25, -0.2) is 4.98 Å². The fourth-order valence-electron chi connectivity index (χ4n) is 2.09. The molecule has 0 bridgehead atoms. The van der Waals surface area contributed by atoms with Crippen molar-refractivity contribution in [1.29, 1.82) is 5.26 Å². The van der Waals surface area contributed by atoms with Crippen LogP contribution in [0.4, 0.5) is 5.82 Å². The summed E-state index contributed by atoms with van der Waals surface area (Å²) in [5.74, 6) is 0.213. The monoisotopic (exact) mass is 300 g/mol. The Morgan fingerprint density at radius 3 is 2.45 bits per heavy atom. The molecule has 0 atom stereocenters. The first-order valence-corrected chi connectivity index (χ1v) is 7.12. The van der Waals surface area contributed by atoms with E-state index in [1.807, 2.05) is 39.8 Å². The molecule has 0 radical (unpaired) electrons.